The molecule has 6 nitrogen and oxygen atoms in total. The molecule has 0 N–H and O–H groups in total. The van der Waals surface area contributed by atoms with Crippen LogP contribution in [-0.4, -0.2) is 22.6 Å². The summed E-state index contributed by atoms with van der Waals surface area (Å²) in [6.45, 7) is 9.69. The number of aromatic nitrogens is 2. The average Bonchev–Trinajstić information content (AvgIpc) is 3.75. The smallest absolute Gasteiger partial charge is 0.227 e. The van der Waals surface area contributed by atoms with Crippen LogP contribution >= 0.6 is 0 Å². The highest BCUT2D eigenvalue weighted by atomic mass is 16.4. The number of unbranched alkanes of at least 4 members (excludes halogenated alkanes) is 3. The van der Waals surface area contributed by atoms with Gasteiger partial charge in [-0.25, -0.2) is 4.98 Å². The molecule has 0 fully saturated rings. The Morgan fingerprint density at radius 1 is 0.795 bits per heavy atom. The van der Waals surface area contributed by atoms with Crippen LogP contribution in [0.1, 0.15) is 64.9 Å². The Balaban J connectivity index is 1.55. The van der Waals surface area contributed by atoms with Gasteiger partial charge in [0.15, 0.2) is 5.58 Å². The molecule has 0 unspecified atom stereocenters. The zero-order chi connectivity index (χ0) is 30.2. The van der Waals surface area contributed by atoms with Crippen molar-refractivity contribution in [2.75, 3.05) is 18.0 Å². The van der Waals surface area contributed by atoms with Crippen molar-refractivity contribution in [1.29, 1.82) is 5.26 Å². The molecule has 222 valence electrons. The Labute approximate surface area is 257 Å². The van der Waals surface area contributed by atoms with E-state index >= 15 is 0 Å². The maximum atomic E-state index is 9.32. The van der Waals surface area contributed by atoms with E-state index in [0.29, 0.717) is 17.0 Å². The lowest BCUT2D eigenvalue weighted by Gasteiger charge is -2.24. The number of nitrogens with zero attached hydrogens (tertiary/aromatic N) is 4. The third-order valence-corrected chi connectivity index (χ3v) is 8.88. The Kier molecular flexibility index (Phi) is 7.47. The van der Waals surface area contributed by atoms with Gasteiger partial charge in [-0.15, -0.1) is 0 Å². The molecule has 0 saturated heterocycles. The number of rotatable bonds is 11. The van der Waals surface area contributed by atoms with Crippen molar-refractivity contribution in [3.63, 3.8) is 0 Å². The van der Waals surface area contributed by atoms with Crippen LogP contribution in [0.15, 0.2) is 75.6 Å². The van der Waals surface area contributed by atoms with Gasteiger partial charge < -0.3 is 18.3 Å². The largest absolute Gasteiger partial charge is 0.452 e. The molecule has 0 amide bonds. The highest BCUT2D eigenvalue weighted by Gasteiger charge is 2.26. The molecule has 0 spiro atoms. The van der Waals surface area contributed by atoms with Crippen molar-refractivity contribution in [3.8, 4) is 17.5 Å². The summed E-state index contributed by atoms with van der Waals surface area (Å²) in [5.41, 5.74) is 8.00. The van der Waals surface area contributed by atoms with Crippen LogP contribution in [0.5, 0.6) is 0 Å². The first-order chi connectivity index (χ1) is 21.7. The molecule has 0 radical (unpaired) electrons. The van der Waals surface area contributed by atoms with E-state index in [4.69, 9.17) is 13.8 Å². The molecule has 7 rings (SSSR count). The van der Waals surface area contributed by atoms with Gasteiger partial charge >= 0.3 is 0 Å². The Hall–Kier alpha value is -4.76. The topological polar surface area (TPSA) is 71.1 Å². The maximum Gasteiger partial charge on any atom is 0.227 e. The number of para-hydroxylation sites is 1. The molecule has 7 aromatic rings. The minimum absolute atomic E-state index is 0.525. The summed E-state index contributed by atoms with van der Waals surface area (Å²) in [5, 5.41) is 13.9. The molecule has 4 aromatic carbocycles. The van der Waals surface area contributed by atoms with E-state index in [1.807, 2.05) is 12.1 Å². The van der Waals surface area contributed by atoms with Crippen LogP contribution < -0.4 is 4.90 Å². The van der Waals surface area contributed by atoms with Gasteiger partial charge in [-0.3, -0.25) is 0 Å². The van der Waals surface area contributed by atoms with Gasteiger partial charge in [0.25, 0.3) is 0 Å². The van der Waals surface area contributed by atoms with E-state index < -0.39 is 0 Å². The second-order valence-electron chi connectivity index (χ2n) is 11.8. The number of fused-ring (bicyclic) bond motifs is 10. The summed E-state index contributed by atoms with van der Waals surface area (Å²) < 4.78 is 15.8. The van der Waals surface area contributed by atoms with Gasteiger partial charge in [-0.2, -0.15) is 5.26 Å². The third kappa shape index (κ3) is 4.59. The van der Waals surface area contributed by atoms with Crippen LogP contribution in [-0.2, 0) is 6.54 Å². The Morgan fingerprint density at radius 3 is 2.27 bits per heavy atom. The number of nitriles is 1. The quantitative estimate of drug-likeness (QED) is 0.152. The molecule has 3 aromatic heterocycles. The molecule has 0 aliphatic rings. The van der Waals surface area contributed by atoms with Crippen LogP contribution in [0, 0.1) is 11.3 Å². The predicted octanol–water partition coefficient (Wildman–Crippen LogP) is 10.6. The standard InChI is InChI=1S/C38H38N4O2/c1-4-7-20-41(21-8-5-2)27-18-19-29-31(23-27)43-36-33(29)32-28-12-10-11-13-30(28)42(22-9-6-3)35(32)34-37(36)44-38(40-34)26-16-14-25(24-39)15-17-26/h10-19,23H,4-9,20-22H2,1-3H3. The molecule has 44 heavy (non-hydrogen) atoms. The fourth-order valence-electron chi connectivity index (χ4n) is 6.55. The number of hydrogen-bond acceptors (Lipinski definition) is 5. The van der Waals surface area contributed by atoms with E-state index in [9.17, 15) is 5.26 Å². The monoisotopic (exact) mass is 582 g/mol. The lowest BCUT2D eigenvalue weighted by atomic mass is 10.0. The minimum Gasteiger partial charge on any atom is -0.452 e. The lowest BCUT2D eigenvalue weighted by Crippen LogP contribution is -2.25. The predicted molar refractivity (Wildman–Crippen MR) is 181 cm³/mol. The molecule has 6 heteroatoms. The Bertz CT molecular complexity index is 2150. The van der Waals surface area contributed by atoms with Gasteiger partial charge in [0.2, 0.25) is 11.5 Å². The van der Waals surface area contributed by atoms with Crippen molar-refractivity contribution in [2.24, 2.45) is 0 Å². The highest BCUT2D eigenvalue weighted by Crippen LogP contribution is 2.46. The normalized spacial score (nSPS) is 11.9. The van der Waals surface area contributed by atoms with Crippen molar-refractivity contribution >= 4 is 60.5 Å². The van der Waals surface area contributed by atoms with Gasteiger partial charge in [-0.1, -0.05) is 58.2 Å². The van der Waals surface area contributed by atoms with Crippen LogP contribution in [0.4, 0.5) is 5.69 Å². The summed E-state index contributed by atoms with van der Waals surface area (Å²) in [6.07, 6.45) is 6.82. The second kappa shape index (κ2) is 11.7. The molecular weight excluding hydrogens is 544 g/mol. The van der Waals surface area contributed by atoms with Crippen molar-refractivity contribution in [3.05, 3.63) is 72.3 Å². The van der Waals surface area contributed by atoms with Crippen LogP contribution in [0.2, 0.25) is 0 Å². The molecule has 0 bridgehead atoms. The number of furan rings is 1. The molecule has 0 atom stereocenters. The minimum atomic E-state index is 0.525. The molecule has 3 heterocycles. The van der Waals surface area contributed by atoms with E-state index in [0.717, 1.165) is 83.9 Å². The van der Waals surface area contributed by atoms with E-state index in [-0.39, 0.29) is 0 Å². The third-order valence-electron chi connectivity index (χ3n) is 8.88. The first-order valence-corrected chi connectivity index (χ1v) is 16.1. The molecule has 0 saturated carbocycles. The molecular formula is C38H38N4O2. The number of aryl methyl sites for hydroxylation is 1. The van der Waals surface area contributed by atoms with Crippen molar-refractivity contribution in [1.82, 2.24) is 9.55 Å². The second-order valence-corrected chi connectivity index (χ2v) is 11.8. The van der Waals surface area contributed by atoms with Gasteiger partial charge in [0.1, 0.15) is 11.1 Å². The summed E-state index contributed by atoms with van der Waals surface area (Å²) in [6, 6.07) is 25.0. The number of benzene rings is 4. The molecule has 0 aliphatic heterocycles. The number of hydrogen-bond donors (Lipinski definition) is 0. The maximum absolute atomic E-state index is 9.32. The van der Waals surface area contributed by atoms with Crippen molar-refractivity contribution < 1.29 is 8.83 Å². The first kappa shape index (κ1) is 28.0. The van der Waals surface area contributed by atoms with Gasteiger partial charge in [0.05, 0.1) is 17.1 Å². The SMILES string of the molecule is CCCCN(CCCC)c1ccc2c(c1)oc1c3oc(-c4ccc(C#N)cc4)nc3c3c(c4ccccc4n3CCCC)c21. The fraction of sp³-hybridized carbons (Fsp3) is 0.316. The lowest BCUT2D eigenvalue weighted by molar-refractivity contribution is 0.603. The van der Waals surface area contributed by atoms with Crippen LogP contribution in [0.25, 0.3) is 66.3 Å². The molecule has 0 aliphatic carbocycles. The first-order valence-electron chi connectivity index (χ1n) is 16.1. The summed E-state index contributed by atoms with van der Waals surface area (Å²) >= 11 is 0. The van der Waals surface area contributed by atoms with Crippen molar-refractivity contribution in [2.45, 2.75) is 65.8 Å². The van der Waals surface area contributed by atoms with E-state index in [1.54, 1.807) is 12.1 Å². The number of anilines is 1. The van der Waals surface area contributed by atoms with Gasteiger partial charge in [-0.05, 0) is 61.7 Å². The highest BCUT2D eigenvalue weighted by molar-refractivity contribution is 6.34. The number of oxazole rings is 1. The Morgan fingerprint density at radius 2 is 1.55 bits per heavy atom. The zero-order valence-electron chi connectivity index (χ0n) is 25.8. The summed E-state index contributed by atoms with van der Waals surface area (Å²) in [4.78, 5) is 7.62. The zero-order valence-corrected chi connectivity index (χ0v) is 25.8. The average molecular weight is 583 g/mol. The summed E-state index contributed by atoms with van der Waals surface area (Å²) in [5.74, 6) is 0.525. The van der Waals surface area contributed by atoms with Crippen LogP contribution in [0.3, 0.4) is 0 Å². The fourth-order valence-corrected chi connectivity index (χ4v) is 6.55. The van der Waals surface area contributed by atoms with E-state index in [2.05, 4.69) is 78.8 Å². The summed E-state index contributed by atoms with van der Waals surface area (Å²) in [7, 11) is 0. The van der Waals surface area contributed by atoms with E-state index in [1.165, 1.54) is 34.8 Å². The van der Waals surface area contributed by atoms with Gasteiger partial charge in [0, 0.05) is 64.0 Å².